The van der Waals surface area contributed by atoms with Crippen LogP contribution >= 0.6 is 0 Å². The summed E-state index contributed by atoms with van der Waals surface area (Å²) in [4.78, 5) is 12.3. The molecule has 2 aromatic rings. The van der Waals surface area contributed by atoms with Crippen LogP contribution in [0, 0.1) is 6.92 Å². The lowest BCUT2D eigenvalue weighted by atomic mass is 10.1. The normalized spacial score (nSPS) is 10.4. The number of para-hydroxylation sites is 1. The number of hydrogen-bond donors (Lipinski definition) is 3. The average Bonchev–Trinajstić information content (AvgIpc) is 2.49. The van der Waals surface area contributed by atoms with E-state index >= 15 is 0 Å². The third-order valence-electron chi connectivity index (χ3n) is 3.29. The Kier molecular flexibility index (Phi) is 4.95. The van der Waals surface area contributed by atoms with E-state index in [9.17, 15) is 9.90 Å². The minimum Gasteiger partial charge on any atom is -0.508 e. The van der Waals surface area contributed by atoms with Crippen LogP contribution in [0.15, 0.2) is 42.5 Å². The highest BCUT2D eigenvalue weighted by Crippen LogP contribution is 2.19. The predicted octanol–water partition coefficient (Wildman–Crippen LogP) is 3.06. The van der Waals surface area contributed by atoms with Crippen LogP contribution in [0.1, 0.15) is 28.4 Å². The first-order valence-corrected chi connectivity index (χ1v) is 7.01. The quantitative estimate of drug-likeness (QED) is 0.790. The maximum absolute atomic E-state index is 12.3. The van der Waals surface area contributed by atoms with E-state index in [1.807, 2.05) is 31.2 Å². The van der Waals surface area contributed by atoms with Gasteiger partial charge in [-0.25, -0.2) is 0 Å². The number of benzene rings is 2. The predicted molar refractivity (Wildman–Crippen MR) is 84.6 cm³/mol. The van der Waals surface area contributed by atoms with E-state index in [1.54, 1.807) is 19.1 Å². The Morgan fingerprint density at radius 1 is 1.19 bits per heavy atom. The van der Waals surface area contributed by atoms with Gasteiger partial charge in [0.2, 0.25) is 0 Å². The lowest BCUT2D eigenvalue weighted by Crippen LogP contribution is -2.17. The zero-order chi connectivity index (χ0) is 15.2. The molecule has 0 atom stereocenters. The number of anilines is 1. The van der Waals surface area contributed by atoms with E-state index in [1.165, 1.54) is 6.07 Å². The third-order valence-corrected chi connectivity index (χ3v) is 3.29. The fourth-order valence-electron chi connectivity index (χ4n) is 2.05. The molecule has 110 valence electrons. The molecule has 0 aliphatic rings. The average molecular weight is 284 g/mol. The van der Waals surface area contributed by atoms with Crippen molar-refractivity contribution in [1.82, 2.24) is 5.32 Å². The molecule has 1 amide bonds. The molecule has 0 aromatic heterocycles. The number of phenolic OH excluding ortho intramolecular Hbond substituents is 1. The summed E-state index contributed by atoms with van der Waals surface area (Å²) < 4.78 is 0. The van der Waals surface area contributed by atoms with E-state index in [2.05, 4.69) is 10.6 Å². The first-order chi connectivity index (χ1) is 10.1. The number of nitrogens with one attached hydrogen (secondary N) is 2. The fourth-order valence-corrected chi connectivity index (χ4v) is 2.05. The molecule has 4 heteroatoms. The summed E-state index contributed by atoms with van der Waals surface area (Å²) in [5.41, 5.74) is 3.06. The number of rotatable bonds is 5. The van der Waals surface area contributed by atoms with Crippen molar-refractivity contribution >= 4 is 11.6 Å². The highest BCUT2D eigenvalue weighted by atomic mass is 16.3. The Morgan fingerprint density at radius 3 is 2.67 bits per heavy atom. The van der Waals surface area contributed by atoms with Gasteiger partial charge in [-0.15, -0.1) is 0 Å². The molecular weight excluding hydrogens is 264 g/mol. The summed E-state index contributed by atoms with van der Waals surface area (Å²) >= 11 is 0. The van der Waals surface area contributed by atoms with Gasteiger partial charge < -0.3 is 15.7 Å². The Labute approximate surface area is 124 Å². The molecule has 0 saturated carbocycles. The van der Waals surface area contributed by atoms with Gasteiger partial charge >= 0.3 is 0 Å². The molecule has 2 rings (SSSR count). The van der Waals surface area contributed by atoms with Gasteiger partial charge in [0.1, 0.15) is 5.75 Å². The van der Waals surface area contributed by atoms with Crippen molar-refractivity contribution < 1.29 is 9.90 Å². The SMILES string of the molecule is CCNCc1ccccc1NC(=O)c1ccc(O)c(C)c1. The maximum atomic E-state index is 12.3. The highest BCUT2D eigenvalue weighted by molar-refractivity contribution is 6.04. The van der Waals surface area contributed by atoms with Gasteiger partial charge in [0, 0.05) is 17.8 Å². The molecule has 3 N–H and O–H groups in total. The first-order valence-electron chi connectivity index (χ1n) is 7.01. The summed E-state index contributed by atoms with van der Waals surface area (Å²) in [7, 11) is 0. The number of hydrogen-bond acceptors (Lipinski definition) is 3. The van der Waals surface area contributed by atoms with Crippen LogP contribution in [0.4, 0.5) is 5.69 Å². The molecule has 0 aliphatic carbocycles. The van der Waals surface area contributed by atoms with E-state index in [0.29, 0.717) is 17.7 Å². The van der Waals surface area contributed by atoms with Crippen LogP contribution in [0.2, 0.25) is 0 Å². The van der Waals surface area contributed by atoms with Crippen molar-refractivity contribution in [3.8, 4) is 5.75 Å². The largest absolute Gasteiger partial charge is 0.508 e. The summed E-state index contributed by atoms with van der Waals surface area (Å²) in [5.74, 6) is 0.0149. The minimum atomic E-state index is -0.179. The molecule has 0 radical (unpaired) electrons. The van der Waals surface area contributed by atoms with Crippen LogP contribution in [-0.4, -0.2) is 17.6 Å². The number of phenols is 1. The number of aromatic hydroxyl groups is 1. The van der Waals surface area contributed by atoms with Gasteiger partial charge in [0.25, 0.3) is 5.91 Å². The first kappa shape index (κ1) is 15.1. The summed E-state index contributed by atoms with van der Waals surface area (Å²) in [5, 5.41) is 15.7. The Morgan fingerprint density at radius 2 is 1.95 bits per heavy atom. The van der Waals surface area contributed by atoms with Crippen molar-refractivity contribution in [3.05, 3.63) is 59.2 Å². The fraction of sp³-hybridized carbons (Fsp3) is 0.235. The van der Waals surface area contributed by atoms with E-state index in [-0.39, 0.29) is 11.7 Å². The monoisotopic (exact) mass is 284 g/mol. The van der Waals surface area contributed by atoms with Crippen molar-refractivity contribution in [2.24, 2.45) is 0 Å². The lowest BCUT2D eigenvalue weighted by molar-refractivity contribution is 0.102. The molecule has 21 heavy (non-hydrogen) atoms. The van der Waals surface area contributed by atoms with Gasteiger partial charge in [-0.3, -0.25) is 4.79 Å². The Bertz CT molecular complexity index is 638. The van der Waals surface area contributed by atoms with Gasteiger partial charge in [0.15, 0.2) is 0 Å². The second kappa shape index (κ2) is 6.90. The highest BCUT2D eigenvalue weighted by Gasteiger charge is 2.10. The van der Waals surface area contributed by atoms with Crippen LogP contribution in [-0.2, 0) is 6.54 Å². The molecule has 0 aliphatic heterocycles. The van der Waals surface area contributed by atoms with Crippen molar-refractivity contribution in [2.45, 2.75) is 20.4 Å². The Balaban J connectivity index is 2.17. The smallest absolute Gasteiger partial charge is 0.255 e. The van der Waals surface area contributed by atoms with Gasteiger partial charge in [-0.2, -0.15) is 0 Å². The van der Waals surface area contributed by atoms with Gasteiger partial charge in [-0.1, -0.05) is 25.1 Å². The lowest BCUT2D eigenvalue weighted by Gasteiger charge is -2.12. The number of amides is 1. The molecule has 2 aromatic carbocycles. The van der Waals surface area contributed by atoms with E-state index in [4.69, 9.17) is 0 Å². The van der Waals surface area contributed by atoms with Gasteiger partial charge in [0.05, 0.1) is 0 Å². The summed E-state index contributed by atoms with van der Waals surface area (Å²) in [6, 6.07) is 12.6. The molecule has 0 spiro atoms. The topological polar surface area (TPSA) is 61.4 Å². The van der Waals surface area contributed by atoms with E-state index in [0.717, 1.165) is 17.8 Å². The third kappa shape index (κ3) is 3.83. The maximum Gasteiger partial charge on any atom is 0.255 e. The molecule has 4 nitrogen and oxygen atoms in total. The molecular formula is C17H20N2O2. The zero-order valence-electron chi connectivity index (χ0n) is 12.3. The molecule has 0 saturated heterocycles. The Hall–Kier alpha value is -2.33. The van der Waals surface area contributed by atoms with Crippen LogP contribution < -0.4 is 10.6 Å². The zero-order valence-corrected chi connectivity index (χ0v) is 12.3. The van der Waals surface area contributed by atoms with Crippen LogP contribution in [0.3, 0.4) is 0 Å². The van der Waals surface area contributed by atoms with E-state index < -0.39 is 0 Å². The number of carbonyl (C=O) groups excluding carboxylic acids is 1. The van der Waals surface area contributed by atoms with Crippen molar-refractivity contribution in [3.63, 3.8) is 0 Å². The summed E-state index contributed by atoms with van der Waals surface area (Å²) in [6.07, 6.45) is 0. The van der Waals surface area contributed by atoms with Crippen LogP contribution in [0.5, 0.6) is 5.75 Å². The van der Waals surface area contributed by atoms with Crippen LogP contribution in [0.25, 0.3) is 0 Å². The second-order valence-electron chi connectivity index (χ2n) is 4.89. The molecule has 0 bridgehead atoms. The summed E-state index contributed by atoms with van der Waals surface area (Å²) in [6.45, 7) is 5.40. The molecule has 0 fully saturated rings. The second-order valence-corrected chi connectivity index (χ2v) is 4.89. The number of carbonyl (C=O) groups is 1. The molecule has 0 heterocycles. The van der Waals surface area contributed by atoms with Crippen molar-refractivity contribution in [2.75, 3.05) is 11.9 Å². The van der Waals surface area contributed by atoms with Crippen molar-refractivity contribution in [1.29, 1.82) is 0 Å². The van der Waals surface area contributed by atoms with Gasteiger partial charge in [-0.05, 0) is 48.9 Å². The number of aryl methyl sites for hydroxylation is 1. The molecule has 0 unspecified atom stereocenters. The standard InChI is InChI=1S/C17H20N2O2/c1-3-18-11-14-6-4-5-7-15(14)19-17(21)13-8-9-16(20)12(2)10-13/h4-10,18,20H,3,11H2,1-2H3,(H,19,21). The minimum absolute atomic E-state index is 0.179.